The molecule has 0 saturated heterocycles. The Morgan fingerprint density at radius 2 is 2.33 bits per heavy atom. The maximum Gasteiger partial charge on any atom is 0.269 e. The lowest BCUT2D eigenvalue weighted by Crippen LogP contribution is -2.41. The highest BCUT2D eigenvalue weighted by atomic mass is 35.5. The lowest BCUT2D eigenvalue weighted by Gasteiger charge is -2.29. The van der Waals surface area contributed by atoms with E-state index in [4.69, 9.17) is 26.6 Å². The van der Waals surface area contributed by atoms with Crippen LogP contribution in [-0.4, -0.2) is 22.9 Å². The lowest BCUT2D eigenvalue weighted by molar-refractivity contribution is -0.0222. The number of hydrogen-bond donors (Lipinski definition) is 1. The monoisotopic (exact) mass is 327 g/mol. The first-order valence-corrected chi connectivity index (χ1v) is 8.22. The van der Waals surface area contributed by atoms with E-state index < -0.39 is 5.54 Å². The molecule has 1 atom stereocenters. The summed E-state index contributed by atoms with van der Waals surface area (Å²) < 4.78 is 11.1. The molecule has 2 heterocycles. The van der Waals surface area contributed by atoms with Gasteiger partial charge < -0.3 is 15.0 Å². The van der Waals surface area contributed by atoms with E-state index in [2.05, 4.69) is 10.1 Å². The van der Waals surface area contributed by atoms with Crippen LogP contribution in [0.2, 0.25) is 5.02 Å². The van der Waals surface area contributed by atoms with Crippen LogP contribution in [0.15, 0.2) is 9.90 Å². The fourth-order valence-corrected chi connectivity index (χ4v) is 3.21. The van der Waals surface area contributed by atoms with Crippen molar-refractivity contribution in [1.82, 2.24) is 10.1 Å². The Kier molecular flexibility index (Phi) is 4.05. The van der Waals surface area contributed by atoms with Gasteiger partial charge >= 0.3 is 0 Å². The zero-order valence-corrected chi connectivity index (χ0v) is 13.6. The molecule has 2 aromatic rings. The van der Waals surface area contributed by atoms with E-state index in [-0.39, 0.29) is 0 Å². The highest BCUT2D eigenvalue weighted by molar-refractivity contribution is 7.14. The molecule has 1 saturated carbocycles. The van der Waals surface area contributed by atoms with Crippen molar-refractivity contribution < 1.29 is 9.26 Å². The molecule has 1 aliphatic carbocycles. The minimum absolute atomic E-state index is 0.327. The highest BCUT2D eigenvalue weighted by Crippen LogP contribution is 2.36. The van der Waals surface area contributed by atoms with E-state index in [1.807, 2.05) is 19.2 Å². The number of halogens is 1. The summed E-state index contributed by atoms with van der Waals surface area (Å²) in [6, 6.07) is 0. The van der Waals surface area contributed by atoms with Crippen LogP contribution in [-0.2, 0) is 10.3 Å². The molecule has 21 heavy (non-hydrogen) atoms. The lowest BCUT2D eigenvalue weighted by atomic mass is 9.95. The summed E-state index contributed by atoms with van der Waals surface area (Å²) in [5, 5.41) is 6.61. The smallest absolute Gasteiger partial charge is 0.269 e. The van der Waals surface area contributed by atoms with Crippen molar-refractivity contribution in [3.8, 4) is 10.8 Å². The molecule has 0 radical (unpaired) electrons. The normalized spacial score (nSPS) is 18.5. The fraction of sp³-hybridized carbons (Fsp3) is 0.571. The molecule has 1 aliphatic rings. The first-order chi connectivity index (χ1) is 9.97. The van der Waals surface area contributed by atoms with Crippen molar-refractivity contribution in [3.63, 3.8) is 0 Å². The quantitative estimate of drug-likeness (QED) is 0.909. The topological polar surface area (TPSA) is 74.2 Å². The molecule has 7 heteroatoms. The van der Waals surface area contributed by atoms with Crippen LogP contribution in [0, 0.1) is 6.92 Å². The summed E-state index contributed by atoms with van der Waals surface area (Å²) in [6.07, 6.45) is 3.78. The van der Waals surface area contributed by atoms with Gasteiger partial charge in [0.25, 0.3) is 5.89 Å². The van der Waals surface area contributed by atoms with Crippen molar-refractivity contribution in [3.05, 3.63) is 21.8 Å². The van der Waals surface area contributed by atoms with E-state index in [0.717, 1.165) is 23.3 Å². The number of nitrogens with two attached hydrogens (primary N) is 1. The Morgan fingerprint density at radius 3 is 2.90 bits per heavy atom. The average Bonchev–Trinajstić information content (AvgIpc) is 2.97. The molecule has 0 spiro atoms. The molecule has 0 bridgehead atoms. The van der Waals surface area contributed by atoms with E-state index in [1.54, 1.807) is 0 Å². The number of aromatic nitrogens is 2. The Morgan fingerprint density at radius 1 is 1.57 bits per heavy atom. The Bertz CT molecular complexity index is 634. The van der Waals surface area contributed by atoms with Gasteiger partial charge in [-0.3, -0.25) is 0 Å². The number of rotatable bonds is 5. The minimum atomic E-state index is -0.768. The molecule has 0 aromatic carbocycles. The first-order valence-electron chi connectivity index (χ1n) is 6.96. The van der Waals surface area contributed by atoms with Crippen molar-refractivity contribution in [2.75, 3.05) is 6.61 Å². The van der Waals surface area contributed by atoms with E-state index >= 15 is 0 Å². The maximum absolute atomic E-state index is 6.26. The molecule has 2 N–H and O–H groups in total. The first kappa shape index (κ1) is 15.0. The third kappa shape index (κ3) is 2.99. The number of hydrogen-bond acceptors (Lipinski definition) is 6. The van der Waals surface area contributed by atoms with Crippen LogP contribution in [0.25, 0.3) is 10.8 Å². The summed E-state index contributed by atoms with van der Waals surface area (Å²) in [4.78, 5) is 5.17. The summed E-state index contributed by atoms with van der Waals surface area (Å²) in [6.45, 7) is 4.18. The summed E-state index contributed by atoms with van der Waals surface area (Å²) in [5.74, 6) is 0.854. The van der Waals surface area contributed by atoms with Gasteiger partial charge in [0.15, 0.2) is 5.82 Å². The van der Waals surface area contributed by atoms with Crippen molar-refractivity contribution in [1.29, 1.82) is 0 Å². The third-order valence-electron chi connectivity index (χ3n) is 3.70. The third-order valence-corrected chi connectivity index (χ3v) is 5.39. The zero-order valence-electron chi connectivity index (χ0n) is 12.1. The van der Waals surface area contributed by atoms with E-state index in [0.29, 0.717) is 29.4 Å². The van der Waals surface area contributed by atoms with Gasteiger partial charge in [0, 0.05) is 0 Å². The molecular formula is C14H18ClN3O2S. The van der Waals surface area contributed by atoms with Gasteiger partial charge in [-0.2, -0.15) is 4.98 Å². The number of aryl methyl sites for hydroxylation is 1. The van der Waals surface area contributed by atoms with E-state index in [9.17, 15) is 0 Å². The van der Waals surface area contributed by atoms with Gasteiger partial charge in [0.1, 0.15) is 10.4 Å². The van der Waals surface area contributed by atoms with Crippen molar-refractivity contribution in [2.24, 2.45) is 5.73 Å². The van der Waals surface area contributed by atoms with E-state index in [1.165, 1.54) is 17.8 Å². The Labute approximate surface area is 132 Å². The predicted octanol–water partition coefficient (Wildman–Crippen LogP) is 3.50. The molecule has 1 fully saturated rings. The minimum Gasteiger partial charge on any atom is -0.376 e. The van der Waals surface area contributed by atoms with Crippen LogP contribution in [0.4, 0.5) is 0 Å². The molecule has 3 rings (SSSR count). The Balaban J connectivity index is 1.75. The average molecular weight is 328 g/mol. The van der Waals surface area contributed by atoms with Gasteiger partial charge in [-0.25, -0.2) is 0 Å². The second kappa shape index (κ2) is 5.68. The largest absolute Gasteiger partial charge is 0.376 e. The number of nitrogens with zero attached hydrogens (tertiary/aromatic N) is 2. The summed E-state index contributed by atoms with van der Waals surface area (Å²) in [5.41, 5.74) is 6.49. The number of ether oxygens (including phenoxy) is 1. The molecular weight excluding hydrogens is 310 g/mol. The molecule has 0 amide bonds. The molecule has 0 aliphatic heterocycles. The number of thiophene rings is 1. The van der Waals surface area contributed by atoms with Crippen LogP contribution >= 0.6 is 22.9 Å². The molecule has 2 aromatic heterocycles. The SMILES string of the molecule is Cc1csc(-c2nc(C(C)(N)COC3CCC3)no2)c1Cl. The van der Waals surface area contributed by atoms with Gasteiger partial charge in [0.2, 0.25) is 0 Å². The van der Waals surface area contributed by atoms with Gasteiger partial charge in [0.05, 0.1) is 17.7 Å². The van der Waals surface area contributed by atoms with Gasteiger partial charge in [-0.15, -0.1) is 11.3 Å². The summed E-state index contributed by atoms with van der Waals surface area (Å²) in [7, 11) is 0. The molecule has 5 nitrogen and oxygen atoms in total. The molecule has 114 valence electrons. The second-order valence-electron chi connectivity index (χ2n) is 5.77. The highest BCUT2D eigenvalue weighted by Gasteiger charge is 2.31. The van der Waals surface area contributed by atoms with Crippen LogP contribution < -0.4 is 5.73 Å². The van der Waals surface area contributed by atoms with Crippen molar-refractivity contribution >= 4 is 22.9 Å². The molecule has 1 unspecified atom stereocenters. The van der Waals surface area contributed by atoms with Crippen molar-refractivity contribution in [2.45, 2.75) is 44.8 Å². The van der Waals surface area contributed by atoms with Crippen LogP contribution in [0.1, 0.15) is 37.6 Å². The van der Waals surface area contributed by atoms with Gasteiger partial charge in [-0.1, -0.05) is 16.8 Å². The summed E-state index contributed by atoms with van der Waals surface area (Å²) >= 11 is 7.71. The fourth-order valence-electron chi connectivity index (χ4n) is 2.01. The Hall–Kier alpha value is -0.950. The standard InChI is InChI=1S/C14H18ClN3O2S/c1-8-6-21-11(10(8)15)12-17-13(18-20-12)14(2,16)7-19-9-4-3-5-9/h6,9H,3-5,7,16H2,1-2H3. The second-order valence-corrected chi connectivity index (χ2v) is 7.02. The predicted molar refractivity (Wildman–Crippen MR) is 82.5 cm³/mol. The van der Waals surface area contributed by atoms with Gasteiger partial charge in [-0.05, 0) is 44.1 Å². The zero-order chi connectivity index (χ0) is 15.0. The van der Waals surface area contributed by atoms with Crippen LogP contribution in [0.3, 0.4) is 0 Å². The van der Waals surface area contributed by atoms with Crippen LogP contribution in [0.5, 0.6) is 0 Å². The maximum atomic E-state index is 6.26.